The van der Waals surface area contributed by atoms with Gasteiger partial charge in [-0.15, -0.1) is 0 Å². The largest absolute Gasteiger partial charge is 0.416 e. The maximum Gasteiger partial charge on any atom is 0.416 e. The van der Waals surface area contributed by atoms with Crippen molar-refractivity contribution in [1.29, 1.82) is 0 Å². The van der Waals surface area contributed by atoms with Crippen LogP contribution in [0.3, 0.4) is 0 Å². The van der Waals surface area contributed by atoms with Gasteiger partial charge in [0.05, 0.1) is 36.2 Å². The van der Waals surface area contributed by atoms with Gasteiger partial charge < -0.3 is 9.80 Å². The number of halogens is 5. The Bertz CT molecular complexity index is 740. The molecule has 0 radical (unpaired) electrons. The summed E-state index contributed by atoms with van der Waals surface area (Å²) in [7, 11) is 0. The molecule has 1 fully saturated rings. The number of rotatable bonds is 3. The van der Waals surface area contributed by atoms with Crippen molar-refractivity contribution in [3.63, 3.8) is 0 Å². The lowest BCUT2D eigenvalue weighted by molar-refractivity contribution is -0.914. The highest BCUT2D eigenvalue weighted by atomic mass is 79.9. The summed E-state index contributed by atoms with van der Waals surface area (Å²) in [6, 6.07) is 10.5. The van der Waals surface area contributed by atoms with E-state index in [1.807, 2.05) is 4.90 Å². The molecule has 0 unspecified atom stereocenters. The standard InChI is InChI=1S/C18H17BrF4N2/c19-16-10-13(4-5-17(16)20)12-24-6-8-25(9-7-24)15-3-1-2-14(11-15)18(21,22)23/h1-5,10-11H,6-9,12H2/p+1. The highest BCUT2D eigenvalue weighted by molar-refractivity contribution is 9.10. The number of piperazine rings is 1. The average Bonchev–Trinajstić information content (AvgIpc) is 2.58. The molecule has 2 aromatic rings. The zero-order valence-electron chi connectivity index (χ0n) is 13.4. The van der Waals surface area contributed by atoms with Gasteiger partial charge in [-0.05, 0) is 46.3 Å². The molecule has 2 nitrogen and oxygen atoms in total. The van der Waals surface area contributed by atoms with Crippen LogP contribution < -0.4 is 9.80 Å². The Hall–Kier alpha value is -1.60. The molecular formula is C18H18BrF4N2+. The maximum absolute atomic E-state index is 13.3. The first kappa shape index (κ1) is 18.2. The fourth-order valence-electron chi connectivity index (χ4n) is 3.08. The van der Waals surface area contributed by atoms with E-state index in [0.717, 1.165) is 31.3 Å². The van der Waals surface area contributed by atoms with Gasteiger partial charge in [-0.1, -0.05) is 12.1 Å². The van der Waals surface area contributed by atoms with Gasteiger partial charge >= 0.3 is 6.18 Å². The molecule has 0 aliphatic carbocycles. The number of nitrogens with one attached hydrogen (secondary N) is 1. The summed E-state index contributed by atoms with van der Waals surface area (Å²) in [5, 5.41) is 0. The number of anilines is 1. The molecular weight excluding hydrogens is 400 g/mol. The lowest BCUT2D eigenvalue weighted by Crippen LogP contribution is -3.13. The molecule has 0 atom stereocenters. The lowest BCUT2D eigenvalue weighted by Gasteiger charge is -2.34. The number of alkyl halides is 3. The van der Waals surface area contributed by atoms with Gasteiger partial charge in [-0.2, -0.15) is 13.2 Å². The van der Waals surface area contributed by atoms with Crippen LogP contribution in [-0.2, 0) is 12.7 Å². The Morgan fingerprint density at radius 3 is 2.40 bits per heavy atom. The molecule has 0 spiro atoms. The van der Waals surface area contributed by atoms with E-state index in [1.54, 1.807) is 18.2 Å². The molecule has 2 aromatic carbocycles. The Labute approximate surface area is 152 Å². The van der Waals surface area contributed by atoms with E-state index in [0.29, 0.717) is 23.2 Å². The van der Waals surface area contributed by atoms with Crippen molar-refractivity contribution in [1.82, 2.24) is 0 Å². The number of quaternary nitrogens is 1. The highest BCUT2D eigenvalue weighted by Crippen LogP contribution is 2.31. The molecule has 0 saturated carbocycles. The van der Waals surface area contributed by atoms with Crippen LogP contribution in [0.5, 0.6) is 0 Å². The Balaban J connectivity index is 1.61. The first-order valence-corrected chi connectivity index (χ1v) is 8.82. The molecule has 0 amide bonds. The minimum absolute atomic E-state index is 0.284. The van der Waals surface area contributed by atoms with Crippen molar-refractivity contribution >= 4 is 21.6 Å². The molecule has 0 aromatic heterocycles. The van der Waals surface area contributed by atoms with Crippen LogP contribution in [0.2, 0.25) is 0 Å². The van der Waals surface area contributed by atoms with Crippen LogP contribution in [0.4, 0.5) is 23.2 Å². The predicted octanol–water partition coefficient (Wildman–Crippen LogP) is 3.51. The highest BCUT2D eigenvalue weighted by Gasteiger charge is 2.31. The SMILES string of the molecule is Fc1ccc(C[NH+]2CCN(c3cccc(C(F)(F)F)c3)CC2)cc1Br. The molecule has 1 aliphatic rings. The second kappa shape index (κ2) is 7.33. The van der Waals surface area contributed by atoms with E-state index in [4.69, 9.17) is 0 Å². The summed E-state index contributed by atoms with van der Waals surface area (Å²) in [6.45, 7) is 3.81. The van der Waals surface area contributed by atoms with Gasteiger partial charge in [0.2, 0.25) is 0 Å². The van der Waals surface area contributed by atoms with Crippen molar-refractivity contribution in [3.8, 4) is 0 Å². The van der Waals surface area contributed by atoms with E-state index < -0.39 is 11.7 Å². The van der Waals surface area contributed by atoms with Crippen molar-refractivity contribution in [2.24, 2.45) is 0 Å². The molecule has 7 heteroatoms. The van der Waals surface area contributed by atoms with Crippen LogP contribution in [0, 0.1) is 5.82 Å². The number of benzene rings is 2. The normalized spacial score (nSPS) is 16.3. The Morgan fingerprint density at radius 2 is 1.76 bits per heavy atom. The lowest BCUT2D eigenvalue weighted by atomic mass is 10.1. The van der Waals surface area contributed by atoms with Gasteiger partial charge in [0.1, 0.15) is 12.4 Å². The first-order chi connectivity index (χ1) is 11.8. The summed E-state index contributed by atoms with van der Waals surface area (Å²) in [6.07, 6.45) is -4.32. The second-order valence-electron chi connectivity index (χ2n) is 6.21. The first-order valence-electron chi connectivity index (χ1n) is 8.02. The summed E-state index contributed by atoms with van der Waals surface area (Å²) < 4.78 is 52.3. The fourth-order valence-corrected chi connectivity index (χ4v) is 3.50. The molecule has 1 aliphatic heterocycles. The quantitative estimate of drug-likeness (QED) is 0.750. The van der Waals surface area contributed by atoms with E-state index >= 15 is 0 Å². The molecule has 0 bridgehead atoms. The smallest absolute Gasteiger partial charge is 0.360 e. The summed E-state index contributed by atoms with van der Waals surface area (Å²) in [5.74, 6) is -0.284. The molecule has 1 N–H and O–H groups in total. The van der Waals surface area contributed by atoms with Gasteiger partial charge in [0.25, 0.3) is 0 Å². The summed E-state index contributed by atoms with van der Waals surface area (Å²) in [4.78, 5) is 3.32. The molecule has 1 heterocycles. The zero-order chi connectivity index (χ0) is 18.0. The van der Waals surface area contributed by atoms with E-state index in [2.05, 4.69) is 15.9 Å². The summed E-state index contributed by atoms with van der Waals surface area (Å²) >= 11 is 3.19. The van der Waals surface area contributed by atoms with Gasteiger partial charge in [-0.25, -0.2) is 4.39 Å². The van der Waals surface area contributed by atoms with Crippen LogP contribution in [0.1, 0.15) is 11.1 Å². The van der Waals surface area contributed by atoms with Gasteiger partial charge in [0.15, 0.2) is 0 Å². The molecule has 134 valence electrons. The van der Waals surface area contributed by atoms with Crippen LogP contribution in [0.15, 0.2) is 46.9 Å². The second-order valence-corrected chi connectivity index (χ2v) is 7.06. The van der Waals surface area contributed by atoms with Crippen LogP contribution in [-0.4, -0.2) is 26.2 Å². The van der Waals surface area contributed by atoms with Crippen LogP contribution >= 0.6 is 15.9 Å². The number of hydrogen-bond donors (Lipinski definition) is 1. The Kier molecular flexibility index (Phi) is 5.34. The van der Waals surface area contributed by atoms with Crippen molar-refractivity contribution in [2.75, 3.05) is 31.1 Å². The summed E-state index contributed by atoms with van der Waals surface area (Å²) in [5.41, 5.74) is 1.03. The zero-order valence-corrected chi connectivity index (χ0v) is 15.0. The van der Waals surface area contributed by atoms with Gasteiger partial charge in [-0.3, -0.25) is 0 Å². The third-order valence-corrected chi connectivity index (χ3v) is 5.06. The van der Waals surface area contributed by atoms with Crippen molar-refractivity contribution < 1.29 is 22.5 Å². The van der Waals surface area contributed by atoms with Gasteiger partial charge in [0, 0.05) is 11.3 Å². The third kappa shape index (κ3) is 4.52. The third-order valence-electron chi connectivity index (χ3n) is 4.45. The Morgan fingerprint density at radius 1 is 1.04 bits per heavy atom. The monoisotopic (exact) mass is 417 g/mol. The minimum Gasteiger partial charge on any atom is -0.360 e. The van der Waals surface area contributed by atoms with E-state index in [9.17, 15) is 17.6 Å². The molecule has 1 saturated heterocycles. The van der Waals surface area contributed by atoms with E-state index in [-0.39, 0.29) is 5.82 Å². The number of nitrogens with zero attached hydrogens (tertiary/aromatic N) is 1. The minimum atomic E-state index is -4.32. The topological polar surface area (TPSA) is 7.68 Å². The molecule has 25 heavy (non-hydrogen) atoms. The number of hydrogen-bond acceptors (Lipinski definition) is 1. The van der Waals surface area contributed by atoms with Crippen molar-refractivity contribution in [3.05, 3.63) is 63.9 Å². The van der Waals surface area contributed by atoms with Crippen molar-refractivity contribution in [2.45, 2.75) is 12.7 Å². The predicted molar refractivity (Wildman–Crippen MR) is 92.2 cm³/mol. The maximum atomic E-state index is 13.3. The fraction of sp³-hybridized carbons (Fsp3) is 0.333. The van der Waals surface area contributed by atoms with E-state index in [1.165, 1.54) is 23.1 Å². The molecule has 3 rings (SSSR count). The average molecular weight is 418 g/mol. The van der Waals surface area contributed by atoms with Crippen LogP contribution in [0.25, 0.3) is 0 Å².